The van der Waals surface area contributed by atoms with Gasteiger partial charge in [0.25, 0.3) is 0 Å². The van der Waals surface area contributed by atoms with Gasteiger partial charge in [0, 0.05) is 9.81 Å². The molecule has 0 bridgehead atoms. The van der Waals surface area contributed by atoms with Crippen molar-refractivity contribution in [1.82, 2.24) is 4.98 Å². The summed E-state index contributed by atoms with van der Waals surface area (Å²) in [6.07, 6.45) is 0. The Morgan fingerprint density at radius 2 is 2.67 bits per heavy atom. The fourth-order valence-electron chi connectivity index (χ4n) is 0.364. The molecule has 0 spiro atoms. The van der Waals surface area contributed by atoms with Gasteiger partial charge in [0.15, 0.2) is 0 Å². The van der Waals surface area contributed by atoms with Crippen molar-refractivity contribution in [3.8, 4) is 0 Å². The van der Waals surface area contributed by atoms with Crippen molar-refractivity contribution in [1.29, 1.82) is 0 Å². The first-order chi connectivity index (χ1) is 6.25. The summed E-state index contributed by atoms with van der Waals surface area (Å²) in [5, 5.41) is 0. The van der Waals surface area contributed by atoms with Gasteiger partial charge >= 0.3 is 0 Å². The molecule has 1 heterocycles. The molecule has 3 heteroatoms. The Morgan fingerprint density at radius 1 is 1.89 bits per heavy atom. The zero-order chi connectivity index (χ0) is 11.1. The molecule has 0 amide bonds. The summed E-state index contributed by atoms with van der Waals surface area (Å²) in [6.45, 7) is -2.50. The van der Waals surface area contributed by atoms with Crippen LogP contribution in [0.2, 0.25) is 0 Å². The number of aromatic nitrogens is 1. The molecule has 2 N–H and O–H groups in total. The molecule has 0 aliphatic rings. The van der Waals surface area contributed by atoms with Crippen LogP contribution in [0.3, 0.4) is 0 Å². The van der Waals surface area contributed by atoms with Gasteiger partial charge in [0.2, 0.25) is 0 Å². The van der Waals surface area contributed by atoms with E-state index in [1.807, 2.05) is 0 Å². The third-order valence-corrected chi connectivity index (χ3v) is 1.35. The van der Waals surface area contributed by atoms with E-state index < -0.39 is 18.6 Å². The topological polar surface area (TPSA) is 38.9 Å². The van der Waals surface area contributed by atoms with Gasteiger partial charge in [-0.25, -0.2) is 4.98 Å². The van der Waals surface area contributed by atoms with E-state index in [-0.39, 0.29) is 16.3 Å². The molecule has 0 saturated carbocycles. The van der Waals surface area contributed by atoms with Crippen molar-refractivity contribution in [2.45, 2.75) is 6.85 Å². The molecule has 1 aromatic heterocycles. The fourth-order valence-corrected chi connectivity index (χ4v) is 0.641. The first kappa shape index (κ1) is 2.58. The van der Waals surface area contributed by atoms with Crippen LogP contribution in [0.25, 0.3) is 0 Å². The van der Waals surface area contributed by atoms with Crippen LogP contribution in [-0.4, -0.2) is 4.98 Å². The molecule has 0 radical (unpaired) electrons. The van der Waals surface area contributed by atoms with E-state index in [0.29, 0.717) is 0 Å². The number of pyridine rings is 1. The Balaban J connectivity index is 3.49. The minimum Gasteiger partial charge on any atom is -0.397 e. The van der Waals surface area contributed by atoms with Gasteiger partial charge in [0.05, 0.1) is 8.43 Å². The summed E-state index contributed by atoms with van der Waals surface area (Å²) in [4.78, 5) is 3.63. The molecule has 0 saturated heterocycles. The molecular weight excluding hydrogens is 180 g/mol. The number of nitrogen functional groups attached to an aromatic ring is 1. The lowest BCUT2D eigenvalue weighted by Gasteiger charge is -1.95. The second kappa shape index (κ2) is 2.35. The molecule has 0 unspecified atom stereocenters. The lowest BCUT2D eigenvalue weighted by atomic mass is 10.4. The normalized spacial score (nSPS) is 19.0. The Kier molecular flexibility index (Phi) is 0.674. The minimum absolute atomic E-state index is 0.0250. The highest BCUT2D eigenvalue weighted by molar-refractivity contribution is 9.10. The standard InChI is InChI=1S/C6H7BrN2/c1-4-2-3-5(8)6(7)9-4/h2-3H,8H2,1H3/i1D3,2D,3D. The third kappa shape index (κ3) is 1.42. The third-order valence-electron chi connectivity index (χ3n) is 0.748. The second-order valence-electron chi connectivity index (χ2n) is 1.41. The van der Waals surface area contributed by atoms with Crippen LogP contribution in [0.15, 0.2) is 16.7 Å². The van der Waals surface area contributed by atoms with Gasteiger partial charge in [0.1, 0.15) is 4.60 Å². The minimum atomic E-state index is -2.50. The van der Waals surface area contributed by atoms with Crippen LogP contribution in [0, 0.1) is 6.85 Å². The van der Waals surface area contributed by atoms with Gasteiger partial charge in [-0.3, -0.25) is 0 Å². The van der Waals surface area contributed by atoms with Crippen LogP contribution < -0.4 is 5.73 Å². The van der Waals surface area contributed by atoms with E-state index in [1.54, 1.807) is 0 Å². The first-order valence-electron chi connectivity index (χ1n) is 4.67. The number of nitrogens with two attached hydrogens (primary N) is 1. The maximum absolute atomic E-state index is 7.38. The summed E-state index contributed by atoms with van der Waals surface area (Å²) in [6, 6.07) is -0.774. The van der Waals surface area contributed by atoms with E-state index in [4.69, 9.17) is 12.6 Å². The number of aryl methyl sites for hydroxylation is 1. The van der Waals surface area contributed by atoms with Crippen molar-refractivity contribution in [3.63, 3.8) is 0 Å². The average Bonchev–Trinajstić information content (AvgIpc) is 2.06. The zero-order valence-electron chi connectivity index (χ0n) is 9.40. The van der Waals surface area contributed by atoms with Gasteiger partial charge in [-0.15, -0.1) is 0 Å². The van der Waals surface area contributed by atoms with Crippen LogP contribution in [0.5, 0.6) is 0 Å². The largest absolute Gasteiger partial charge is 0.397 e. The van der Waals surface area contributed by atoms with E-state index in [9.17, 15) is 0 Å². The van der Waals surface area contributed by atoms with Crippen molar-refractivity contribution < 1.29 is 6.85 Å². The monoisotopic (exact) mass is 191 g/mol. The fraction of sp³-hybridized carbons (Fsp3) is 0.167. The van der Waals surface area contributed by atoms with E-state index in [0.717, 1.165) is 0 Å². The number of halogens is 1. The van der Waals surface area contributed by atoms with Crippen LogP contribution in [-0.2, 0) is 0 Å². The highest BCUT2D eigenvalue weighted by atomic mass is 79.9. The molecule has 0 aliphatic carbocycles. The number of anilines is 1. The number of nitrogens with zero attached hydrogens (tertiary/aromatic N) is 1. The molecule has 0 aromatic carbocycles. The predicted molar refractivity (Wildman–Crippen MR) is 41.1 cm³/mol. The Bertz CT molecular complexity index is 375. The molecule has 0 atom stereocenters. The summed E-state index contributed by atoms with van der Waals surface area (Å²) < 4.78 is 36.1. The summed E-state index contributed by atoms with van der Waals surface area (Å²) in [5.41, 5.74) is 4.96. The second-order valence-corrected chi connectivity index (χ2v) is 2.17. The molecule has 2 nitrogen and oxygen atoms in total. The van der Waals surface area contributed by atoms with Gasteiger partial charge in [-0.1, -0.05) is 0 Å². The maximum atomic E-state index is 7.38. The zero-order valence-corrected chi connectivity index (χ0v) is 5.99. The number of hydrogen-bond donors (Lipinski definition) is 1. The van der Waals surface area contributed by atoms with Crippen molar-refractivity contribution in [2.24, 2.45) is 0 Å². The molecule has 9 heavy (non-hydrogen) atoms. The van der Waals surface area contributed by atoms with Crippen molar-refractivity contribution in [2.75, 3.05) is 5.73 Å². The van der Waals surface area contributed by atoms with Gasteiger partial charge in [-0.2, -0.15) is 0 Å². The smallest absolute Gasteiger partial charge is 0.129 e. The number of hydrogen-bond acceptors (Lipinski definition) is 2. The van der Waals surface area contributed by atoms with Gasteiger partial charge in [-0.05, 0) is 34.9 Å². The van der Waals surface area contributed by atoms with Crippen LogP contribution >= 0.6 is 15.9 Å². The molecule has 0 fully saturated rings. The van der Waals surface area contributed by atoms with Crippen LogP contribution in [0.1, 0.15) is 12.5 Å². The average molecular weight is 192 g/mol. The Labute approximate surface area is 69.2 Å². The SMILES string of the molecule is [2H]c1c(C([2H])([2H])[2H])nc(Br)c(N)c1[2H]. The van der Waals surface area contributed by atoms with Crippen molar-refractivity contribution >= 4 is 21.6 Å². The van der Waals surface area contributed by atoms with E-state index in [2.05, 4.69) is 20.9 Å². The molecule has 1 rings (SSSR count). The summed E-state index contributed by atoms with van der Waals surface area (Å²) in [7, 11) is 0. The van der Waals surface area contributed by atoms with Gasteiger partial charge < -0.3 is 5.73 Å². The molecule has 1 aromatic rings. The Morgan fingerprint density at radius 3 is 3.33 bits per heavy atom. The number of rotatable bonds is 0. The van der Waals surface area contributed by atoms with Crippen molar-refractivity contribution in [3.05, 3.63) is 22.4 Å². The lowest BCUT2D eigenvalue weighted by molar-refractivity contribution is 1.17. The summed E-state index contributed by atoms with van der Waals surface area (Å²) in [5.74, 6) is 0. The quantitative estimate of drug-likeness (QED) is 0.635. The van der Waals surface area contributed by atoms with Crippen LogP contribution in [0.4, 0.5) is 5.69 Å². The molecule has 48 valence electrons. The summed E-state index contributed by atoms with van der Waals surface area (Å²) >= 11 is 2.93. The molecular formula is C6H7BrN2. The Hall–Kier alpha value is -0.570. The lowest BCUT2D eigenvalue weighted by Crippen LogP contribution is -1.89. The highest BCUT2D eigenvalue weighted by Gasteiger charge is 1.93. The van der Waals surface area contributed by atoms with E-state index in [1.165, 1.54) is 0 Å². The predicted octanol–water partition coefficient (Wildman–Crippen LogP) is 1.73. The molecule has 0 aliphatic heterocycles. The first-order valence-corrected chi connectivity index (χ1v) is 2.97. The highest BCUT2D eigenvalue weighted by Crippen LogP contribution is 2.15. The maximum Gasteiger partial charge on any atom is 0.129 e. The van der Waals surface area contributed by atoms with E-state index >= 15 is 0 Å².